The van der Waals surface area contributed by atoms with Gasteiger partial charge in [0.15, 0.2) is 0 Å². The van der Waals surface area contributed by atoms with Crippen LogP contribution in [0.15, 0.2) is 70.7 Å². The quantitative estimate of drug-likeness (QED) is 0.470. The molecule has 3 rings (SSSR count). The lowest BCUT2D eigenvalue weighted by molar-refractivity contribution is 0.0953. The average Bonchev–Trinajstić information content (AvgIpc) is 2.65. The topological polar surface area (TPSA) is 63.5 Å². The Bertz CT molecular complexity index is 1110. The van der Waals surface area contributed by atoms with Crippen molar-refractivity contribution in [2.75, 3.05) is 0 Å². The van der Waals surface area contributed by atoms with Crippen LogP contribution >= 0.6 is 34.8 Å². The van der Waals surface area contributed by atoms with E-state index in [-0.39, 0.29) is 5.56 Å². The number of hydrogen-bond acceptors (Lipinski definition) is 3. The second-order valence-electron chi connectivity index (χ2n) is 5.85. The van der Waals surface area contributed by atoms with Crippen LogP contribution in [0, 0.1) is 0 Å². The van der Waals surface area contributed by atoms with Crippen molar-refractivity contribution in [1.29, 1.82) is 0 Å². The third kappa shape index (κ3) is 5.01. The number of carbonyl (C=O) groups is 1. The first-order chi connectivity index (χ1) is 13.4. The first-order valence-corrected chi connectivity index (χ1v) is 9.30. The molecule has 1 amide bonds. The van der Waals surface area contributed by atoms with Gasteiger partial charge >= 0.3 is 0 Å². The van der Waals surface area contributed by atoms with Crippen LogP contribution < -0.4 is 11.0 Å². The lowest BCUT2D eigenvalue weighted by atomic mass is 10.2. The number of aromatic nitrogens is 1. The monoisotopic (exact) mass is 433 g/mol. The summed E-state index contributed by atoms with van der Waals surface area (Å²) in [5, 5.41) is 5.33. The molecule has 0 bridgehead atoms. The van der Waals surface area contributed by atoms with Crippen LogP contribution in [0.3, 0.4) is 0 Å². The van der Waals surface area contributed by atoms with Crippen LogP contribution in [0.25, 0.3) is 0 Å². The molecule has 0 aliphatic carbocycles. The molecule has 0 aliphatic heterocycles. The molecule has 0 unspecified atom stereocenters. The molecule has 0 saturated heterocycles. The summed E-state index contributed by atoms with van der Waals surface area (Å²) >= 11 is 17.9. The summed E-state index contributed by atoms with van der Waals surface area (Å²) in [5.41, 5.74) is 3.31. The predicted octanol–water partition coefficient (Wildman–Crippen LogP) is 4.62. The number of carbonyl (C=O) groups excluding carboxylic acids is 1. The number of nitrogens with zero attached hydrogens (tertiary/aromatic N) is 2. The molecule has 0 atom stereocenters. The molecule has 1 aromatic heterocycles. The summed E-state index contributed by atoms with van der Waals surface area (Å²) in [6, 6.07) is 15.1. The van der Waals surface area contributed by atoms with Crippen molar-refractivity contribution in [3.63, 3.8) is 0 Å². The zero-order valence-corrected chi connectivity index (χ0v) is 16.7. The van der Waals surface area contributed by atoms with Crippen molar-refractivity contribution in [2.24, 2.45) is 5.10 Å². The maximum atomic E-state index is 12.6. The molecule has 0 spiro atoms. The Morgan fingerprint density at radius 1 is 1.04 bits per heavy atom. The van der Waals surface area contributed by atoms with Crippen LogP contribution in [0.2, 0.25) is 15.1 Å². The Morgan fingerprint density at radius 2 is 1.82 bits per heavy atom. The standard InChI is InChI=1S/C20H14Cl3N3O2/c21-15-4-1-3-13(9-15)12-26-8-2-5-17(20(26)28)19(27)25-24-11-14-6-7-16(22)10-18(14)23/h1-11H,12H2,(H,25,27)/b24-11-. The minimum absolute atomic E-state index is 0.0242. The minimum Gasteiger partial charge on any atom is -0.310 e. The summed E-state index contributed by atoms with van der Waals surface area (Å²) in [4.78, 5) is 24.9. The van der Waals surface area contributed by atoms with Crippen LogP contribution in [-0.2, 0) is 6.54 Å². The molecular formula is C20H14Cl3N3O2. The second-order valence-corrected chi connectivity index (χ2v) is 7.13. The molecule has 3 aromatic rings. The van der Waals surface area contributed by atoms with E-state index in [4.69, 9.17) is 34.8 Å². The van der Waals surface area contributed by atoms with E-state index in [0.717, 1.165) is 5.56 Å². The molecule has 2 aromatic carbocycles. The van der Waals surface area contributed by atoms with E-state index in [0.29, 0.717) is 27.2 Å². The van der Waals surface area contributed by atoms with Crippen molar-refractivity contribution in [2.45, 2.75) is 6.54 Å². The van der Waals surface area contributed by atoms with Gasteiger partial charge in [-0.25, -0.2) is 5.43 Å². The zero-order chi connectivity index (χ0) is 20.1. The number of amides is 1. The third-order valence-corrected chi connectivity index (χ3v) is 4.64. The lowest BCUT2D eigenvalue weighted by Crippen LogP contribution is -2.30. The Labute approximate surface area is 176 Å². The maximum Gasteiger partial charge on any atom is 0.276 e. The molecular weight excluding hydrogens is 421 g/mol. The van der Waals surface area contributed by atoms with Gasteiger partial charge in [0.1, 0.15) is 5.56 Å². The Morgan fingerprint density at radius 3 is 2.57 bits per heavy atom. The molecule has 0 radical (unpaired) electrons. The van der Waals surface area contributed by atoms with E-state index in [2.05, 4.69) is 10.5 Å². The average molecular weight is 435 g/mol. The number of pyridine rings is 1. The fourth-order valence-electron chi connectivity index (χ4n) is 2.49. The van der Waals surface area contributed by atoms with Crippen molar-refractivity contribution >= 4 is 46.9 Å². The smallest absolute Gasteiger partial charge is 0.276 e. The fourth-order valence-corrected chi connectivity index (χ4v) is 3.16. The first-order valence-electron chi connectivity index (χ1n) is 8.16. The molecule has 1 heterocycles. The number of benzene rings is 2. The van der Waals surface area contributed by atoms with Gasteiger partial charge in [-0.15, -0.1) is 0 Å². The summed E-state index contributed by atoms with van der Waals surface area (Å²) < 4.78 is 1.43. The SMILES string of the molecule is O=C(N/N=C\c1ccc(Cl)cc1Cl)c1cccn(Cc2cccc(Cl)c2)c1=O. The zero-order valence-electron chi connectivity index (χ0n) is 14.4. The van der Waals surface area contributed by atoms with Gasteiger partial charge in [-0.1, -0.05) is 53.0 Å². The fraction of sp³-hybridized carbons (Fsp3) is 0.0500. The van der Waals surface area contributed by atoms with Gasteiger partial charge in [0, 0.05) is 21.8 Å². The number of rotatable bonds is 5. The van der Waals surface area contributed by atoms with Gasteiger partial charge in [0.2, 0.25) is 0 Å². The van der Waals surface area contributed by atoms with E-state index in [1.807, 2.05) is 6.07 Å². The Balaban J connectivity index is 1.75. The van der Waals surface area contributed by atoms with Gasteiger partial charge in [-0.2, -0.15) is 5.10 Å². The predicted molar refractivity (Wildman–Crippen MR) is 113 cm³/mol. The highest BCUT2D eigenvalue weighted by Crippen LogP contribution is 2.19. The molecule has 142 valence electrons. The third-order valence-electron chi connectivity index (χ3n) is 3.84. The van der Waals surface area contributed by atoms with Gasteiger partial charge in [0.25, 0.3) is 11.5 Å². The van der Waals surface area contributed by atoms with Crippen LogP contribution in [-0.4, -0.2) is 16.7 Å². The summed E-state index contributed by atoms with van der Waals surface area (Å²) in [6.45, 7) is 0.296. The van der Waals surface area contributed by atoms with Crippen LogP contribution in [0.1, 0.15) is 21.5 Å². The molecule has 28 heavy (non-hydrogen) atoms. The molecule has 1 N–H and O–H groups in total. The van der Waals surface area contributed by atoms with E-state index in [1.54, 1.807) is 48.7 Å². The highest BCUT2D eigenvalue weighted by atomic mass is 35.5. The summed E-state index contributed by atoms with van der Waals surface area (Å²) in [6.07, 6.45) is 2.99. The van der Waals surface area contributed by atoms with Crippen molar-refractivity contribution in [3.8, 4) is 0 Å². The summed E-state index contributed by atoms with van der Waals surface area (Å²) in [5.74, 6) is -0.619. The number of hydrogen-bond donors (Lipinski definition) is 1. The van der Waals surface area contributed by atoms with E-state index in [9.17, 15) is 9.59 Å². The lowest BCUT2D eigenvalue weighted by Gasteiger charge is -2.08. The van der Waals surface area contributed by atoms with Gasteiger partial charge in [-0.05, 0) is 42.0 Å². The Hall–Kier alpha value is -2.60. The highest BCUT2D eigenvalue weighted by Gasteiger charge is 2.12. The van der Waals surface area contributed by atoms with E-state index in [1.165, 1.54) is 16.8 Å². The van der Waals surface area contributed by atoms with E-state index < -0.39 is 11.5 Å². The number of hydrazone groups is 1. The number of nitrogens with one attached hydrogen (secondary N) is 1. The molecule has 0 fully saturated rings. The van der Waals surface area contributed by atoms with Crippen LogP contribution in [0.4, 0.5) is 0 Å². The number of halogens is 3. The van der Waals surface area contributed by atoms with Crippen molar-refractivity contribution in [1.82, 2.24) is 9.99 Å². The van der Waals surface area contributed by atoms with Crippen molar-refractivity contribution < 1.29 is 4.79 Å². The molecule has 8 heteroatoms. The van der Waals surface area contributed by atoms with Gasteiger partial charge in [0.05, 0.1) is 17.8 Å². The molecule has 0 saturated carbocycles. The van der Waals surface area contributed by atoms with Crippen LogP contribution in [0.5, 0.6) is 0 Å². The largest absolute Gasteiger partial charge is 0.310 e. The first kappa shape index (κ1) is 20.1. The normalized spacial score (nSPS) is 11.0. The summed E-state index contributed by atoms with van der Waals surface area (Å²) in [7, 11) is 0. The minimum atomic E-state index is -0.619. The molecule has 0 aliphatic rings. The van der Waals surface area contributed by atoms with Gasteiger partial charge in [-0.3, -0.25) is 9.59 Å². The highest BCUT2D eigenvalue weighted by molar-refractivity contribution is 6.36. The Kier molecular flexibility index (Phi) is 6.52. The maximum absolute atomic E-state index is 12.6. The van der Waals surface area contributed by atoms with Crippen molar-refractivity contribution in [3.05, 3.63) is 103 Å². The molecule has 5 nitrogen and oxygen atoms in total. The van der Waals surface area contributed by atoms with Gasteiger partial charge < -0.3 is 4.57 Å². The second kappa shape index (κ2) is 9.06. The van der Waals surface area contributed by atoms with E-state index >= 15 is 0 Å².